The molecule has 0 spiro atoms. The number of rotatable bonds is 0. The summed E-state index contributed by atoms with van der Waals surface area (Å²) < 4.78 is 36.7. The number of halogens is 4. The second-order valence-corrected chi connectivity index (χ2v) is 3.16. The molecule has 0 saturated heterocycles. The average Bonchev–Trinajstić information content (AvgIpc) is 1.92. The van der Waals surface area contributed by atoms with Gasteiger partial charge in [0.05, 0.1) is 5.56 Å². The molecular weight excluding hydrogens is 233 g/mol. The van der Waals surface area contributed by atoms with Crippen molar-refractivity contribution in [3.05, 3.63) is 40.7 Å². The van der Waals surface area contributed by atoms with E-state index in [1.165, 1.54) is 6.07 Å². The van der Waals surface area contributed by atoms with Gasteiger partial charge in [-0.2, -0.15) is 13.2 Å². The summed E-state index contributed by atoms with van der Waals surface area (Å²) in [6.45, 7) is 3.45. The lowest BCUT2D eigenvalue weighted by Gasteiger charge is -2.07. The van der Waals surface area contributed by atoms with E-state index in [9.17, 15) is 13.2 Å². The number of hydrogen-bond acceptors (Lipinski definition) is 0. The molecule has 0 nitrogen and oxygen atoms in total. The molecule has 0 heterocycles. The molecule has 1 radical (unpaired) electrons. The van der Waals surface area contributed by atoms with Crippen LogP contribution in [-0.4, -0.2) is 0 Å². The van der Waals surface area contributed by atoms with Gasteiger partial charge in [0.15, 0.2) is 0 Å². The van der Waals surface area contributed by atoms with Crippen LogP contribution in [0.4, 0.5) is 13.2 Å². The van der Waals surface area contributed by atoms with Gasteiger partial charge in [0, 0.05) is 4.47 Å². The highest BCUT2D eigenvalue weighted by molar-refractivity contribution is 9.10. The molecule has 0 aromatic heterocycles. The van der Waals surface area contributed by atoms with Crippen LogP contribution in [0.2, 0.25) is 0 Å². The van der Waals surface area contributed by atoms with Gasteiger partial charge in [-0.3, -0.25) is 0 Å². The maximum Gasteiger partial charge on any atom is 0.416 e. The SMILES string of the molecule is [CH2]c1cc(C(F)(F)F)ccc1Br. The van der Waals surface area contributed by atoms with Crippen molar-refractivity contribution in [3.63, 3.8) is 0 Å². The van der Waals surface area contributed by atoms with Crippen LogP contribution in [0.25, 0.3) is 0 Å². The van der Waals surface area contributed by atoms with Crippen LogP contribution < -0.4 is 0 Å². The third kappa shape index (κ3) is 2.00. The van der Waals surface area contributed by atoms with Gasteiger partial charge in [0.25, 0.3) is 0 Å². The maximum absolute atomic E-state index is 12.1. The van der Waals surface area contributed by atoms with Crippen LogP contribution in [0.3, 0.4) is 0 Å². The summed E-state index contributed by atoms with van der Waals surface area (Å²) in [6, 6.07) is 3.36. The monoisotopic (exact) mass is 237 g/mol. The third-order valence-electron chi connectivity index (χ3n) is 1.37. The standard InChI is InChI=1S/C8H5BrF3/c1-5-4-6(8(10,11)12)2-3-7(5)9/h2-4H,1H2. The van der Waals surface area contributed by atoms with Gasteiger partial charge in [-0.1, -0.05) is 15.9 Å². The van der Waals surface area contributed by atoms with Crippen molar-refractivity contribution >= 4 is 15.9 Å². The topological polar surface area (TPSA) is 0 Å². The van der Waals surface area contributed by atoms with Crippen LogP contribution in [0.1, 0.15) is 11.1 Å². The molecule has 0 aliphatic carbocycles. The summed E-state index contributed by atoms with van der Waals surface area (Å²) in [5.41, 5.74) is -0.333. The predicted octanol–water partition coefficient (Wildman–Crippen LogP) is 3.65. The van der Waals surface area contributed by atoms with Gasteiger partial charge in [-0.15, -0.1) is 0 Å². The molecule has 0 aliphatic rings. The summed E-state index contributed by atoms with van der Waals surface area (Å²) in [6.07, 6.45) is -4.28. The van der Waals surface area contributed by atoms with Crippen molar-refractivity contribution < 1.29 is 13.2 Å². The smallest absolute Gasteiger partial charge is 0.166 e. The minimum Gasteiger partial charge on any atom is -0.166 e. The Morgan fingerprint density at radius 2 is 1.83 bits per heavy atom. The summed E-state index contributed by atoms with van der Waals surface area (Å²) in [7, 11) is 0. The predicted molar refractivity (Wildman–Crippen MR) is 43.6 cm³/mol. The highest BCUT2D eigenvalue weighted by atomic mass is 79.9. The first-order valence-corrected chi connectivity index (χ1v) is 3.89. The van der Waals surface area contributed by atoms with E-state index in [-0.39, 0.29) is 0 Å². The van der Waals surface area contributed by atoms with E-state index in [2.05, 4.69) is 22.9 Å². The quantitative estimate of drug-likeness (QED) is 0.647. The van der Waals surface area contributed by atoms with Crippen LogP contribution in [0.15, 0.2) is 22.7 Å². The molecule has 0 aliphatic heterocycles. The van der Waals surface area contributed by atoms with Crippen LogP contribution in [0.5, 0.6) is 0 Å². The second kappa shape index (κ2) is 3.09. The van der Waals surface area contributed by atoms with Gasteiger partial charge in [0.2, 0.25) is 0 Å². The zero-order chi connectivity index (χ0) is 9.35. The van der Waals surface area contributed by atoms with Gasteiger partial charge in [-0.05, 0) is 30.7 Å². The van der Waals surface area contributed by atoms with Gasteiger partial charge in [0.1, 0.15) is 0 Å². The first-order chi connectivity index (χ1) is 5.41. The molecule has 65 valence electrons. The molecule has 0 fully saturated rings. The first kappa shape index (κ1) is 9.58. The molecule has 1 aromatic carbocycles. The molecule has 0 unspecified atom stereocenters. The lowest BCUT2D eigenvalue weighted by atomic mass is 10.1. The Kier molecular flexibility index (Phi) is 2.46. The lowest BCUT2D eigenvalue weighted by molar-refractivity contribution is -0.137. The summed E-state index contributed by atoms with van der Waals surface area (Å²) >= 11 is 3.07. The van der Waals surface area contributed by atoms with E-state index in [4.69, 9.17) is 0 Å². The Labute approximate surface area is 76.5 Å². The Hall–Kier alpha value is -0.510. The minimum absolute atomic E-state index is 0.338. The van der Waals surface area contributed by atoms with Crippen LogP contribution in [0, 0.1) is 6.92 Å². The van der Waals surface area contributed by atoms with Crippen LogP contribution >= 0.6 is 15.9 Å². The Balaban J connectivity index is 3.14. The molecule has 0 atom stereocenters. The minimum atomic E-state index is -4.28. The van der Waals surface area contributed by atoms with Crippen molar-refractivity contribution in [2.45, 2.75) is 6.18 Å². The molecule has 1 rings (SSSR count). The van der Waals surface area contributed by atoms with E-state index < -0.39 is 11.7 Å². The number of hydrogen-bond donors (Lipinski definition) is 0. The molecule has 0 bridgehead atoms. The summed E-state index contributed by atoms with van der Waals surface area (Å²) in [5, 5.41) is 0. The van der Waals surface area contributed by atoms with E-state index in [1.807, 2.05) is 0 Å². The second-order valence-electron chi connectivity index (χ2n) is 2.30. The van der Waals surface area contributed by atoms with Crippen LogP contribution in [-0.2, 0) is 6.18 Å². The van der Waals surface area contributed by atoms with Crippen molar-refractivity contribution in [2.24, 2.45) is 0 Å². The van der Waals surface area contributed by atoms with Crippen molar-refractivity contribution in [1.29, 1.82) is 0 Å². The van der Waals surface area contributed by atoms with Crippen molar-refractivity contribution in [3.8, 4) is 0 Å². The van der Waals surface area contributed by atoms with Gasteiger partial charge in [-0.25, -0.2) is 0 Å². The maximum atomic E-state index is 12.1. The average molecular weight is 238 g/mol. The molecular formula is C8H5BrF3. The molecule has 12 heavy (non-hydrogen) atoms. The van der Waals surface area contributed by atoms with Crippen molar-refractivity contribution in [1.82, 2.24) is 0 Å². The fraction of sp³-hybridized carbons (Fsp3) is 0.125. The van der Waals surface area contributed by atoms with E-state index in [1.54, 1.807) is 0 Å². The summed E-state index contributed by atoms with van der Waals surface area (Å²) in [5.74, 6) is 0. The van der Waals surface area contributed by atoms with Gasteiger partial charge < -0.3 is 0 Å². The molecule has 0 saturated carbocycles. The fourth-order valence-electron chi connectivity index (χ4n) is 0.751. The highest BCUT2D eigenvalue weighted by Crippen LogP contribution is 2.31. The fourth-order valence-corrected chi connectivity index (χ4v) is 0.998. The van der Waals surface area contributed by atoms with E-state index in [0.29, 0.717) is 10.0 Å². The highest BCUT2D eigenvalue weighted by Gasteiger charge is 2.30. The normalized spacial score (nSPS) is 11.8. The largest absolute Gasteiger partial charge is 0.416 e. The van der Waals surface area contributed by atoms with Crippen molar-refractivity contribution in [2.75, 3.05) is 0 Å². The van der Waals surface area contributed by atoms with Gasteiger partial charge >= 0.3 is 6.18 Å². The lowest BCUT2D eigenvalue weighted by Crippen LogP contribution is -2.04. The molecule has 4 heteroatoms. The number of alkyl halides is 3. The summed E-state index contributed by atoms with van der Waals surface area (Å²) in [4.78, 5) is 0. The molecule has 0 N–H and O–H groups in total. The molecule has 0 amide bonds. The number of benzene rings is 1. The van der Waals surface area contributed by atoms with E-state index in [0.717, 1.165) is 12.1 Å². The zero-order valence-corrected chi connectivity index (χ0v) is 7.54. The zero-order valence-electron chi connectivity index (χ0n) is 5.95. The third-order valence-corrected chi connectivity index (χ3v) is 2.15. The Morgan fingerprint density at radius 1 is 1.25 bits per heavy atom. The Morgan fingerprint density at radius 3 is 2.25 bits per heavy atom. The first-order valence-electron chi connectivity index (χ1n) is 3.10. The molecule has 1 aromatic rings. The van der Waals surface area contributed by atoms with E-state index >= 15 is 0 Å². The Bertz CT molecular complexity index is 291.